The molecule has 0 aliphatic carbocycles. The fourth-order valence-electron chi connectivity index (χ4n) is 2.09. The van der Waals surface area contributed by atoms with Gasteiger partial charge in [0.15, 0.2) is 6.10 Å². The molecule has 1 aromatic heterocycles. The van der Waals surface area contributed by atoms with Crippen LogP contribution in [-0.2, 0) is 11.8 Å². The van der Waals surface area contributed by atoms with Gasteiger partial charge < -0.3 is 10.1 Å². The molecule has 0 aliphatic heterocycles. The monoisotopic (exact) mass is 332 g/mol. The Bertz CT molecular complexity index is 792. The summed E-state index contributed by atoms with van der Waals surface area (Å²) in [5.41, 5.74) is 2.71. The molecular weight excluding hydrogens is 316 g/mol. The molecule has 0 unspecified atom stereocenters. The van der Waals surface area contributed by atoms with Crippen molar-refractivity contribution in [2.75, 3.05) is 5.32 Å². The summed E-state index contributed by atoms with van der Waals surface area (Å²) in [6.07, 6.45) is -0.751. The van der Waals surface area contributed by atoms with Crippen LogP contribution in [0.4, 0.5) is 5.69 Å². The number of rotatable bonds is 4. The van der Waals surface area contributed by atoms with E-state index in [1.807, 2.05) is 27.0 Å². The van der Waals surface area contributed by atoms with Gasteiger partial charge in [0.05, 0.1) is 33.7 Å². The first kappa shape index (κ1) is 16.8. The molecule has 0 saturated carbocycles. The van der Waals surface area contributed by atoms with Gasteiger partial charge in [0.25, 0.3) is 5.91 Å². The highest BCUT2D eigenvalue weighted by Crippen LogP contribution is 2.26. The quantitative estimate of drug-likeness (QED) is 0.933. The average molecular weight is 333 g/mol. The minimum absolute atomic E-state index is 0.289. The Morgan fingerprint density at radius 2 is 2.17 bits per heavy atom. The van der Waals surface area contributed by atoms with Crippen LogP contribution in [0, 0.1) is 25.2 Å². The summed E-state index contributed by atoms with van der Waals surface area (Å²) >= 11 is 6.05. The molecule has 1 atom stereocenters. The van der Waals surface area contributed by atoms with Crippen molar-refractivity contribution < 1.29 is 9.53 Å². The fraction of sp³-hybridized carbons (Fsp3) is 0.312. The maximum Gasteiger partial charge on any atom is 0.265 e. The fourth-order valence-corrected chi connectivity index (χ4v) is 2.31. The molecule has 0 saturated heterocycles. The van der Waals surface area contributed by atoms with Crippen molar-refractivity contribution in [2.24, 2.45) is 7.05 Å². The average Bonchev–Trinajstić information content (AvgIpc) is 2.75. The minimum atomic E-state index is -0.751. The molecule has 0 radical (unpaired) electrons. The topological polar surface area (TPSA) is 79.9 Å². The lowest BCUT2D eigenvalue weighted by Crippen LogP contribution is -2.30. The molecule has 0 fully saturated rings. The van der Waals surface area contributed by atoms with E-state index in [0.717, 1.165) is 11.4 Å². The number of nitriles is 1. The Morgan fingerprint density at radius 3 is 2.70 bits per heavy atom. The third-order valence-electron chi connectivity index (χ3n) is 3.49. The lowest BCUT2D eigenvalue weighted by atomic mass is 10.2. The SMILES string of the molecule is Cc1nn(C)c(C)c1NC(=O)[C@H](C)Oc1ccc(C#N)cc1Cl. The molecule has 6 nitrogen and oxygen atoms in total. The van der Waals surface area contributed by atoms with Crippen molar-refractivity contribution in [1.82, 2.24) is 9.78 Å². The van der Waals surface area contributed by atoms with E-state index in [4.69, 9.17) is 21.6 Å². The number of carbonyl (C=O) groups excluding carboxylic acids is 1. The molecule has 1 aromatic carbocycles. The number of amides is 1. The lowest BCUT2D eigenvalue weighted by molar-refractivity contribution is -0.122. The number of ether oxygens (including phenoxy) is 1. The number of hydrogen-bond donors (Lipinski definition) is 1. The van der Waals surface area contributed by atoms with E-state index in [1.54, 1.807) is 23.7 Å². The number of carbonyl (C=O) groups is 1. The summed E-state index contributed by atoms with van der Waals surface area (Å²) in [6, 6.07) is 6.65. The third-order valence-corrected chi connectivity index (χ3v) is 3.79. The molecule has 2 rings (SSSR count). The zero-order chi connectivity index (χ0) is 17.1. The number of benzene rings is 1. The largest absolute Gasteiger partial charge is 0.479 e. The number of hydrogen-bond acceptors (Lipinski definition) is 4. The van der Waals surface area contributed by atoms with Gasteiger partial charge in [-0.2, -0.15) is 10.4 Å². The van der Waals surface area contributed by atoms with Crippen LogP contribution in [0.25, 0.3) is 0 Å². The van der Waals surface area contributed by atoms with Crippen molar-refractivity contribution >= 4 is 23.2 Å². The summed E-state index contributed by atoms with van der Waals surface area (Å²) in [5, 5.41) is 16.2. The smallest absolute Gasteiger partial charge is 0.265 e. The Hall–Kier alpha value is -2.52. The molecular formula is C16H17ClN4O2. The molecule has 120 valence electrons. The number of nitrogens with one attached hydrogen (secondary N) is 1. The molecule has 1 heterocycles. The van der Waals surface area contributed by atoms with Crippen molar-refractivity contribution in [3.8, 4) is 11.8 Å². The summed E-state index contributed by atoms with van der Waals surface area (Å²) in [4.78, 5) is 12.3. The van der Waals surface area contributed by atoms with Crippen LogP contribution in [-0.4, -0.2) is 21.8 Å². The van der Waals surface area contributed by atoms with E-state index < -0.39 is 6.10 Å². The second-order valence-corrected chi connectivity index (χ2v) is 5.58. The first-order chi connectivity index (χ1) is 10.8. The summed E-state index contributed by atoms with van der Waals surface area (Å²) in [5.74, 6) is 0.0533. The van der Waals surface area contributed by atoms with Crippen LogP contribution in [0.5, 0.6) is 5.75 Å². The Balaban J connectivity index is 2.10. The van der Waals surface area contributed by atoms with Gasteiger partial charge in [-0.15, -0.1) is 0 Å². The molecule has 23 heavy (non-hydrogen) atoms. The molecule has 0 aliphatic rings. The van der Waals surface area contributed by atoms with Gasteiger partial charge >= 0.3 is 0 Å². The number of aryl methyl sites for hydroxylation is 2. The second kappa shape index (κ2) is 6.71. The zero-order valence-electron chi connectivity index (χ0n) is 13.3. The van der Waals surface area contributed by atoms with E-state index >= 15 is 0 Å². The van der Waals surface area contributed by atoms with E-state index in [0.29, 0.717) is 17.0 Å². The number of anilines is 1. The molecule has 1 N–H and O–H groups in total. The second-order valence-electron chi connectivity index (χ2n) is 5.18. The van der Waals surface area contributed by atoms with Crippen LogP contribution >= 0.6 is 11.6 Å². The van der Waals surface area contributed by atoms with E-state index in [2.05, 4.69) is 10.4 Å². The molecule has 0 spiro atoms. The normalized spacial score (nSPS) is 11.7. The standard InChI is InChI=1S/C16H17ClN4O2/c1-9-15(10(2)21(4)20-9)19-16(22)11(3)23-14-6-5-12(8-18)7-13(14)17/h5-7,11H,1-4H3,(H,19,22)/t11-/m0/s1. The maximum absolute atomic E-state index is 12.3. The predicted octanol–water partition coefficient (Wildman–Crippen LogP) is 2.97. The zero-order valence-corrected chi connectivity index (χ0v) is 14.1. The van der Waals surface area contributed by atoms with Gasteiger partial charge in [-0.25, -0.2) is 0 Å². The minimum Gasteiger partial charge on any atom is -0.479 e. The van der Waals surface area contributed by atoms with Gasteiger partial charge in [0, 0.05) is 7.05 Å². The molecule has 0 bridgehead atoms. The van der Waals surface area contributed by atoms with Gasteiger partial charge in [0.2, 0.25) is 0 Å². The van der Waals surface area contributed by atoms with Crippen LogP contribution in [0.2, 0.25) is 5.02 Å². The highest BCUT2D eigenvalue weighted by molar-refractivity contribution is 6.32. The van der Waals surface area contributed by atoms with Crippen molar-refractivity contribution in [3.63, 3.8) is 0 Å². The predicted molar refractivity (Wildman–Crippen MR) is 87.6 cm³/mol. The van der Waals surface area contributed by atoms with Crippen LogP contribution < -0.4 is 10.1 Å². The van der Waals surface area contributed by atoms with Gasteiger partial charge in [-0.05, 0) is 39.0 Å². The number of nitrogens with zero attached hydrogens (tertiary/aromatic N) is 3. The third kappa shape index (κ3) is 3.63. The summed E-state index contributed by atoms with van der Waals surface area (Å²) in [6.45, 7) is 5.33. The highest BCUT2D eigenvalue weighted by atomic mass is 35.5. The van der Waals surface area contributed by atoms with Gasteiger partial charge in [0.1, 0.15) is 5.75 Å². The number of halogens is 1. The number of aromatic nitrogens is 2. The Labute approximate surface area is 139 Å². The maximum atomic E-state index is 12.3. The Kier molecular flexibility index (Phi) is 4.92. The molecule has 7 heteroatoms. The van der Waals surface area contributed by atoms with Crippen LogP contribution in [0.1, 0.15) is 23.9 Å². The summed E-state index contributed by atoms with van der Waals surface area (Å²) < 4.78 is 7.29. The first-order valence-corrected chi connectivity index (χ1v) is 7.38. The van der Waals surface area contributed by atoms with Gasteiger partial charge in [-0.3, -0.25) is 9.48 Å². The highest BCUT2D eigenvalue weighted by Gasteiger charge is 2.19. The van der Waals surface area contributed by atoms with E-state index in [9.17, 15) is 4.79 Å². The van der Waals surface area contributed by atoms with Gasteiger partial charge in [-0.1, -0.05) is 11.6 Å². The molecule has 2 aromatic rings. The van der Waals surface area contributed by atoms with Crippen LogP contribution in [0.3, 0.4) is 0 Å². The van der Waals surface area contributed by atoms with Crippen molar-refractivity contribution in [2.45, 2.75) is 26.9 Å². The van der Waals surface area contributed by atoms with E-state index in [-0.39, 0.29) is 10.9 Å². The lowest BCUT2D eigenvalue weighted by Gasteiger charge is -2.16. The van der Waals surface area contributed by atoms with E-state index in [1.165, 1.54) is 6.07 Å². The van der Waals surface area contributed by atoms with Crippen molar-refractivity contribution in [1.29, 1.82) is 5.26 Å². The van der Waals surface area contributed by atoms with Crippen LogP contribution in [0.15, 0.2) is 18.2 Å². The van der Waals surface area contributed by atoms with Crippen molar-refractivity contribution in [3.05, 3.63) is 40.2 Å². The first-order valence-electron chi connectivity index (χ1n) is 7.01. The summed E-state index contributed by atoms with van der Waals surface area (Å²) in [7, 11) is 1.81. The molecule has 1 amide bonds. The Morgan fingerprint density at radius 1 is 1.48 bits per heavy atom.